The van der Waals surface area contributed by atoms with Gasteiger partial charge in [-0.05, 0) is 68.8 Å². The van der Waals surface area contributed by atoms with Crippen LogP contribution >= 0.6 is 31.9 Å². The minimum absolute atomic E-state index is 0.738. The highest BCUT2D eigenvalue weighted by Gasteiger charge is 2.20. The molecule has 2 nitrogen and oxygen atoms in total. The molecule has 106 valence electrons. The molecule has 0 bridgehead atoms. The Bertz CT molecular complexity index is 396. The van der Waals surface area contributed by atoms with Crippen molar-refractivity contribution in [2.75, 3.05) is 6.61 Å². The molecule has 1 aromatic carbocycles. The van der Waals surface area contributed by atoms with Gasteiger partial charge in [-0.15, -0.1) is 0 Å². The summed E-state index contributed by atoms with van der Waals surface area (Å²) in [7, 11) is 0. The van der Waals surface area contributed by atoms with Crippen molar-refractivity contribution in [1.82, 2.24) is 5.32 Å². The van der Waals surface area contributed by atoms with Gasteiger partial charge in [0.25, 0.3) is 0 Å². The van der Waals surface area contributed by atoms with Crippen molar-refractivity contribution in [2.45, 2.75) is 51.6 Å². The Kier molecular flexibility index (Phi) is 6.17. The molecule has 0 aliphatic heterocycles. The fourth-order valence-electron chi connectivity index (χ4n) is 1.93. The minimum Gasteiger partial charge on any atom is -0.491 e. The van der Waals surface area contributed by atoms with Crippen LogP contribution in [0.25, 0.3) is 0 Å². The van der Waals surface area contributed by atoms with E-state index in [2.05, 4.69) is 56.2 Å². The molecule has 1 aromatic rings. The fraction of sp³-hybridized carbons (Fsp3) is 0.600. The number of hydrogen-bond donors (Lipinski definition) is 1. The van der Waals surface area contributed by atoms with E-state index in [1.54, 1.807) is 0 Å². The Balaban J connectivity index is 1.91. The first-order valence-corrected chi connectivity index (χ1v) is 8.63. The second-order valence-electron chi connectivity index (χ2n) is 5.10. The van der Waals surface area contributed by atoms with Crippen molar-refractivity contribution in [3.63, 3.8) is 0 Å². The first kappa shape index (κ1) is 15.3. The van der Waals surface area contributed by atoms with E-state index in [9.17, 15) is 0 Å². The average molecular weight is 391 g/mol. The highest BCUT2D eigenvalue weighted by molar-refractivity contribution is 9.11. The van der Waals surface area contributed by atoms with Crippen molar-refractivity contribution in [1.29, 1.82) is 0 Å². The number of ether oxygens (including phenoxy) is 1. The lowest BCUT2D eigenvalue weighted by atomic mass is 10.2. The van der Waals surface area contributed by atoms with E-state index < -0.39 is 0 Å². The Labute approximate surface area is 132 Å². The van der Waals surface area contributed by atoms with E-state index in [0.29, 0.717) is 0 Å². The molecule has 1 N–H and O–H groups in total. The molecule has 19 heavy (non-hydrogen) atoms. The van der Waals surface area contributed by atoms with Gasteiger partial charge in [0.05, 0.1) is 15.6 Å². The molecule has 4 heteroatoms. The van der Waals surface area contributed by atoms with E-state index >= 15 is 0 Å². The smallest absolute Gasteiger partial charge is 0.147 e. The molecule has 0 amide bonds. The zero-order valence-electron chi connectivity index (χ0n) is 11.3. The Hall–Kier alpha value is -0.0600. The first-order valence-electron chi connectivity index (χ1n) is 7.04. The third-order valence-corrected chi connectivity index (χ3v) is 4.40. The maximum Gasteiger partial charge on any atom is 0.147 e. The van der Waals surface area contributed by atoms with Gasteiger partial charge in [0.2, 0.25) is 0 Å². The van der Waals surface area contributed by atoms with Crippen LogP contribution in [0.2, 0.25) is 0 Å². The fourth-order valence-corrected chi connectivity index (χ4v) is 3.44. The Morgan fingerprint density at radius 3 is 2.47 bits per heavy atom. The second-order valence-corrected chi connectivity index (χ2v) is 6.81. The van der Waals surface area contributed by atoms with Gasteiger partial charge in [0.1, 0.15) is 5.75 Å². The van der Waals surface area contributed by atoms with Crippen LogP contribution in [-0.2, 0) is 6.54 Å². The molecule has 1 fully saturated rings. The van der Waals surface area contributed by atoms with Gasteiger partial charge in [-0.3, -0.25) is 0 Å². The SMILES string of the molecule is CCCCCOc1c(Br)cc(CNC2CC2)cc1Br. The Morgan fingerprint density at radius 1 is 1.21 bits per heavy atom. The van der Waals surface area contributed by atoms with Crippen LogP contribution in [0.15, 0.2) is 21.1 Å². The summed E-state index contributed by atoms with van der Waals surface area (Å²) >= 11 is 7.21. The van der Waals surface area contributed by atoms with Gasteiger partial charge in [-0.1, -0.05) is 19.8 Å². The predicted molar refractivity (Wildman–Crippen MR) is 86.7 cm³/mol. The molecule has 1 aliphatic rings. The Morgan fingerprint density at radius 2 is 1.89 bits per heavy atom. The zero-order valence-corrected chi connectivity index (χ0v) is 14.5. The molecule has 0 saturated heterocycles. The molecule has 0 spiro atoms. The van der Waals surface area contributed by atoms with Crippen LogP contribution in [0.3, 0.4) is 0 Å². The highest BCUT2D eigenvalue weighted by atomic mass is 79.9. The molecule has 0 aromatic heterocycles. The van der Waals surface area contributed by atoms with Crippen molar-refractivity contribution >= 4 is 31.9 Å². The van der Waals surface area contributed by atoms with Gasteiger partial charge in [0, 0.05) is 12.6 Å². The van der Waals surface area contributed by atoms with E-state index in [-0.39, 0.29) is 0 Å². The maximum atomic E-state index is 5.85. The van der Waals surface area contributed by atoms with Gasteiger partial charge in [-0.25, -0.2) is 0 Å². The van der Waals surface area contributed by atoms with Crippen molar-refractivity contribution < 1.29 is 4.74 Å². The van der Waals surface area contributed by atoms with Crippen molar-refractivity contribution in [3.05, 3.63) is 26.6 Å². The lowest BCUT2D eigenvalue weighted by molar-refractivity contribution is 0.302. The molecule has 2 rings (SSSR count). The number of halogens is 2. The van der Waals surface area contributed by atoms with Gasteiger partial charge in [-0.2, -0.15) is 0 Å². The summed E-state index contributed by atoms with van der Waals surface area (Å²) in [5.41, 5.74) is 1.28. The summed E-state index contributed by atoms with van der Waals surface area (Å²) in [4.78, 5) is 0. The van der Waals surface area contributed by atoms with E-state index in [1.807, 2.05) is 0 Å². The van der Waals surface area contributed by atoms with Crippen LogP contribution in [0.4, 0.5) is 0 Å². The number of rotatable bonds is 8. The second kappa shape index (κ2) is 7.65. The van der Waals surface area contributed by atoms with Crippen LogP contribution in [-0.4, -0.2) is 12.6 Å². The lowest BCUT2D eigenvalue weighted by Crippen LogP contribution is -2.15. The maximum absolute atomic E-state index is 5.85. The van der Waals surface area contributed by atoms with Crippen molar-refractivity contribution in [2.24, 2.45) is 0 Å². The summed E-state index contributed by atoms with van der Waals surface area (Å²) in [5.74, 6) is 0.922. The monoisotopic (exact) mass is 389 g/mol. The van der Waals surface area contributed by atoms with E-state index in [0.717, 1.165) is 40.3 Å². The molecule has 0 atom stereocenters. The van der Waals surface area contributed by atoms with Crippen LogP contribution in [0.1, 0.15) is 44.6 Å². The first-order chi connectivity index (χ1) is 9.20. The third kappa shape index (κ3) is 5.09. The van der Waals surface area contributed by atoms with Crippen LogP contribution in [0, 0.1) is 0 Å². The highest BCUT2D eigenvalue weighted by Crippen LogP contribution is 2.35. The topological polar surface area (TPSA) is 21.3 Å². The summed E-state index contributed by atoms with van der Waals surface area (Å²) in [5, 5.41) is 3.52. The third-order valence-electron chi connectivity index (χ3n) is 3.22. The molecule has 1 saturated carbocycles. The van der Waals surface area contributed by atoms with E-state index in [1.165, 1.54) is 31.2 Å². The number of nitrogens with one attached hydrogen (secondary N) is 1. The molecular formula is C15H21Br2NO. The van der Waals surface area contributed by atoms with Crippen LogP contribution < -0.4 is 10.1 Å². The molecular weight excluding hydrogens is 370 g/mol. The summed E-state index contributed by atoms with van der Waals surface area (Å²) < 4.78 is 7.92. The summed E-state index contributed by atoms with van der Waals surface area (Å²) in [6.45, 7) is 3.91. The molecule has 0 unspecified atom stereocenters. The average Bonchev–Trinajstić information content (AvgIpc) is 3.18. The minimum atomic E-state index is 0.738. The number of benzene rings is 1. The van der Waals surface area contributed by atoms with Gasteiger partial charge in [0.15, 0.2) is 0 Å². The van der Waals surface area contributed by atoms with Gasteiger partial charge >= 0.3 is 0 Å². The number of unbranched alkanes of at least 4 members (excludes halogenated alkanes) is 2. The van der Waals surface area contributed by atoms with Crippen LogP contribution in [0.5, 0.6) is 5.75 Å². The van der Waals surface area contributed by atoms with Crippen molar-refractivity contribution in [3.8, 4) is 5.75 Å². The molecule has 0 heterocycles. The number of hydrogen-bond acceptors (Lipinski definition) is 2. The molecule has 0 radical (unpaired) electrons. The van der Waals surface area contributed by atoms with Gasteiger partial charge < -0.3 is 10.1 Å². The van der Waals surface area contributed by atoms with E-state index in [4.69, 9.17) is 4.74 Å². The normalized spacial score (nSPS) is 14.7. The lowest BCUT2D eigenvalue weighted by Gasteiger charge is -2.12. The summed E-state index contributed by atoms with van der Waals surface area (Å²) in [6, 6.07) is 5.03. The molecule has 1 aliphatic carbocycles. The zero-order chi connectivity index (χ0) is 13.7. The predicted octanol–water partition coefficient (Wildman–Crippen LogP) is 5.03. The standard InChI is InChI=1S/C15H21Br2NO/c1-2-3-4-7-19-15-13(16)8-11(9-14(15)17)10-18-12-5-6-12/h8-9,12,18H,2-7,10H2,1H3. The quantitative estimate of drug-likeness (QED) is 0.628. The largest absolute Gasteiger partial charge is 0.491 e. The summed E-state index contributed by atoms with van der Waals surface area (Å²) in [6.07, 6.45) is 6.19.